The maximum atomic E-state index is 12.2. The lowest BCUT2D eigenvalue weighted by Crippen LogP contribution is -2.24. The Balaban J connectivity index is 1.65. The number of carbonyl (C=O) groups is 1. The molecule has 0 radical (unpaired) electrons. The highest BCUT2D eigenvalue weighted by Gasteiger charge is 2.15. The number of hydrogen-bond donors (Lipinski definition) is 1. The van der Waals surface area contributed by atoms with E-state index < -0.39 is 0 Å². The fraction of sp³-hybridized carbons (Fsp3) is 0.227. The molecule has 150 valence electrons. The smallest absolute Gasteiger partial charge is 0.230 e. The number of ether oxygens (including phenoxy) is 1. The molecule has 0 saturated carbocycles. The van der Waals surface area contributed by atoms with Crippen molar-refractivity contribution in [1.82, 2.24) is 20.1 Å². The molecule has 0 bridgehead atoms. The van der Waals surface area contributed by atoms with Gasteiger partial charge in [-0.2, -0.15) is 0 Å². The second kappa shape index (κ2) is 10.5. The number of nitrogens with one attached hydrogen (secondary N) is 1. The molecule has 3 aromatic rings. The molecule has 1 aromatic heterocycles. The van der Waals surface area contributed by atoms with E-state index in [4.69, 9.17) is 4.74 Å². The number of nitrogens with zero attached hydrogens (tertiary/aromatic N) is 3. The van der Waals surface area contributed by atoms with Crippen molar-refractivity contribution in [2.45, 2.75) is 25.2 Å². The van der Waals surface area contributed by atoms with Gasteiger partial charge >= 0.3 is 0 Å². The monoisotopic (exact) mass is 408 g/mol. The van der Waals surface area contributed by atoms with Crippen molar-refractivity contribution in [3.05, 3.63) is 72.8 Å². The average Bonchev–Trinajstić information content (AvgIpc) is 3.15. The van der Waals surface area contributed by atoms with E-state index in [2.05, 4.69) is 22.1 Å². The minimum absolute atomic E-state index is 0.0466. The zero-order chi connectivity index (χ0) is 20.5. The van der Waals surface area contributed by atoms with Gasteiger partial charge in [0.25, 0.3) is 0 Å². The van der Waals surface area contributed by atoms with E-state index in [0.717, 1.165) is 22.7 Å². The van der Waals surface area contributed by atoms with Crippen LogP contribution in [0.1, 0.15) is 12.5 Å². The molecule has 0 saturated heterocycles. The third-order valence-electron chi connectivity index (χ3n) is 4.12. The highest BCUT2D eigenvalue weighted by molar-refractivity contribution is 7.99. The van der Waals surface area contributed by atoms with Crippen molar-refractivity contribution >= 4 is 17.7 Å². The van der Waals surface area contributed by atoms with Gasteiger partial charge in [0.1, 0.15) is 5.75 Å². The van der Waals surface area contributed by atoms with Crippen LogP contribution in [0.25, 0.3) is 11.4 Å². The number of aromatic nitrogens is 3. The number of hydrogen-bond acceptors (Lipinski definition) is 5. The summed E-state index contributed by atoms with van der Waals surface area (Å²) >= 11 is 1.36. The van der Waals surface area contributed by atoms with E-state index >= 15 is 0 Å². The summed E-state index contributed by atoms with van der Waals surface area (Å²) in [7, 11) is 0. The second-order valence-corrected chi connectivity index (χ2v) is 7.16. The first kappa shape index (κ1) is 20.7. The Morgan fingerprint density at radius 1 is 1.17 bits per heavy atom. The van der Waals surface area contributed by atoms with Gasteiger partial charge in [0.05, 0.1) is 12.4 Å². The minimum atomic E-state index is -0.0466. The average molecular weight is 409 g/mol. The normalized spacial score (nSPS) is 10.5. The van der Waals surface area contributed by atoms with E-state index in [1.54, 1.807) is 6.08 Å². The molecule has 1 N–H and O–H groups in total. The lowest BCUT2D eigenvalue weighted by molar-refractivity contribution is -0.118. The molecule has 0 fully saturated rings. The quantitative estimate of drug-likeness (QED) is 0.406. The first-order valence-corrected chi connectivity index (χ1v) is 10.4. The van der Waals surface area contributed by atoms with E-state index in [1.165, 1.54) is 11.8 Å². The molecule has 0 spiro atoms. The van der Waals surface area contributed by atoms with Crippen molar-refractivity contribution in [3.8, 4) is 17.1 Å². The third-order valence-corrected chi connectivity index (χ3v) is 5.08. The fourth-order valence-corrected chi connectivity index (χ4v) is 3.52. The molecule has 1 heterocycles. The molecule has 0 unspecified atom stereocenters. The maximum Gasteiger partial charge on any atom is 0.230 e. The first-order chi connectivity index (χ1) is 14.2. The summed E-state index contributed by atoms with van der Waals surface area (Å²) in [6.07, 6.45) is 1.79. The fourth-order valence-electron chi connectivity index (χ4n) is 2.75. The van der Waals surface area contributed by atoms with Crippen LogP contribution in [-0.4, -0.2) is 33.0 Å². The highest BCUT2D eigenvalue weighted by atomic mass is 32.2. The molecule has 29 heavy (non-hydrogen) atoms. The van der Waals surface area contributed by atoms with Gasteiger partial charge in [-0.3, -0.25) is 9.36 Å². The van der Waals surface area contributed by atoms with Gasteiger partial charge < -0.3 is 10.1 Å². The molecule has 7 heteroatoms. The molecule has 0 aliphatic rings. The van der Waals surface area contributed by atoms with Crippen molar-refractivity contribution in [1.29, 1.82) is 0 Å². The van der Waals surface area contributed by atoms with Crippen LogP contribution in [0, 0.1) is 0 Å². The molecule has 0 aliphatic heterocycles. The van der Waals surface area contributed by atoms with Crippen LogP contribution in [-0.2, 0) is 17.9 Å². The van der Waals surface area contributed by atoms with E-state index in [9.17, 15) is 4.79 Å². The molecule has 3 rings (SSSR count). The Morgan fingerprint density at radius 3 is 2.62 bits per heavy atom. The molecular weight excluding hydrogens is 384 g/mol. The largest absolute Gasteiger partial charge is 0.494 e. The number of thioether (sulfide) groups is 1. The number of amides is 1. The SMILES string of the molecule is C=CCn1c(SCC(=O)NCc2ccccc2)nnc1-c1ccc(OCC)cc1. The molecule has 1 amide bonds. The highest BCUT2D eigenvalue weighted by Crippen LogP contribution is 2.25. The number of rotatable bonds is 10. The van der Waals surface area contributed by atoms with E-state index in [0.29, 0.717) is 24.9 Å². The van der Waals surface area contributed by atoms with Crippen LogP contribution >= 0.6 is 11.8 Å². The predicted molar refractivity (Wildman–Crippen MR) is 116 cm³/mol. The Morgan fingerprint density at radius 2 is 1.93 bits per heavy atom. The van der Waals surface area contributed by atoms with Gasteiger partial charge in [0.2, 0.25) is 5.91 Å². The van der Waals surface area contributed by atoms with E-state index in [-0.39, 0.29) is 11.7 Å². The van der Waals surface area contributed by atoms with Gasteiger partial charge in [0, 0.05) is 18.7 Å². The summed E-state index contributed by atoms with van der Waals surface area (Å²) in [6, 6.07) is 17.6. The van der Waals surface area contributed by atoms with Crippen LogP contribution in [0.15, 0.2) is 72.4 Å². The summed E-state index contributed by atoms with van der Waals surface area (Å²) in [6.45, 7) is 7.47. The summed E-state index contributed by atoms with van der Waals surface area (Å²) < 4.78 is 7.45. The zero-order valence-electron chi connectivity index (χ0n) is 16.4. The predicted octanol–water partition coefficient (Wildman–Crippen LogP) is 3.94. The van der Waals surface area contributed by atoms with Gasteiger partial charge in [-0.25, -0.2) is 0 Å². The molecule has 0 atom stereocenters. The summed E-state index contributed by atoms with van der Waals surface area (Å²) in [5, 5.41) is 12.2. The summed E-state index contributed by atoms with van der Waals surface area (Å²) in [5.41, 5.74) is 2.00. The number of carbonyl (C=O) groups excluding carboxylic acids is 1. The Labute approximate surface area is 175 Å². The lowest BCUT2D eigenvalue weighted by atomic mass is 10.2. The number of allylic oxidation sites excluding steroid dienone is 1. The van der Waals surface area contributed by atoms with Gasteiger partial charge in [-0.05, 0) is 36.8 Å². The van der Waals surface area contributed by atoms with Gasteiger partial charge in [0.15, 0.2) is 11.0 Å². The molecule has 0 aliphatic carbocycles. The van der Waals surface area contributed by atoms with Gasteiger partial charge in [-0.15, -0.1) is 16.8 Å². The number of benzene rings is 2. The van der Waals surface area contributed by atoms with Crippen LogP contribution < -0.4 is 10.1 Å². The van der Waals surface area contributed by atoms with Crippen molar-refractivity contribution in [2.75, 3.05) is 12.4 Å². The van der Waals surface area contributed by atoms with Crippen molar-refractivity contribution < 1.29 is 9.53 Å². The second-order valence-electron chi connectivity index (χ2n) is 6.21. The summed E-state index contributed by atoms with van der Waals surface area (Å²) in [4.78, 5) is 12.2. The van der Waals surface area contributed by atoms with Crippen LogP contribution in [0.2, 0.25) is 0 Å². The standard InChI is InChI=1S/C22H24N4O2S/c1-3-14-26-21(18-10-12-19(13-11-18)28-4-2)24-25-22(26)29-16-20(27)23-15-17-8-6-5-7-9-17/h3,5-13H,1,4,14-16H2,2H3,(H,23,27). The Hall–Kier alpha value is -3.06. The van der Waals surface area contributed by atoms with Crippen LogP contribution in [0.5, 0.6) is 5.75 Å². The molecule has 2 aromatic carbocycles. The van der Waals surface area contributed by atoms with Crippen molar-refractivity contribution in [2.24, 2.45) is 0 Å². The van der Waals surface area contributed by atoms with Crippen molar-refractivity contribution in [3.63, 3.8) is 0 Å². The molecular formula is C22H24N4O2S. The third kappa shape index (κ3) is 5.71. The van der Waals surface area contributed by atoms with E-state index in [1.807, 2.05) is 66.1 Å². The van der Waals surface area contributed by atoms with Crippen LogP contribution in [0.3, 0.4) is 0 Å². The zero-order valence-corrected chi connectivity index (χ0v) is 17.2. The summed E-state index contributed by atoms with van der Waals surface area (Å²) in [5.74, 6) is 1.77. The maximum absolute atomic E-state index is 12.2. The Bertz CT molecular complexity index is 939. The van der Waals surface area contributed by atoms with Crippen LogP contribution in [0.4, 0.5) is 0 Å². The minimum Gasteiger partial charge on any atom is -0.494 e. The topological polar surface area (TPSA) is 69.0 Å². The Kier molecular flexibility index (Phi) is 7.47. The first-order valence-electron chi connectivity index (χ1n) is 9.42. The van der Waals surface area contributed by atoms with Gasteiger partial charge in [-0.1, -0.05) is 48.2 Å². The molecule has 6 nitrogen and oxygen atoms in total. The lowest BCUT2D eigenvalue weighted by Gasteiger charge is -2.09.